The highest BCUT2D eigenvalue weighted by molar-refractivity contribution is 7.60. The predicted molar refractivity (Wildman–Crippen MR) is 48.0 cm³/mol. The number of hydrogen-bond donors (Lipinski definition) is 3. The van der Waals surface area contributed by atoms with Gasteiger partial charge >= 0.3 is 15.6 Å². The number of phosphoric acid groups is 2. The second kappa shape index (κ2) is 4.89. The van der Waals surface area contributed by atoms with Gasteiger partial charge in [0, 0.05) is 0 Å². The molecule has 0 heterocycles. The number of phosphoric ester groups is 1. The van der Waals surface area contributed by atoms with E-state index in [1.165, 1.54) is 6.08 Å². The first-order chi connectivity index (χ1) is 6.12. The van der Waals surface area contributed by atoms with Crippen molar-refractivity contribution in [1.82, 2.24) is 0 Å². The Kier molecular flexibility index (Phi) is 4.74. The molecule has 0 radical (unpaired) electrons. The van der Waals surface area contributed by atoms with Gasteiger partial charge in [0.25, 0.3) is 0 Å². The number of rotatable bonds is 5. The second-order valence-corrected chi connectivity index (χ2v) is 5.08. The average Bonchev–Trinajstić information content (AvgIpc) is 1.78. The molecule has 7 nitrogen and oxygen atoms in total. The molecule has 82 valence electrons. The Balaban J connectivity index is 4.30. The van der Waals surface area contributed by atoms with Crippen LogP contribution in [0, 0.1) is 0 Å². The lowest BCUT2D eigenvalue weighted by atomic mass is 10.4. The van der Waals surface area contributed by atoms with Crippen LogP contribution in [-0.4, -0.2) is 14.7 Å². The fraction of sp³-hybridized carbons (Fsp3) is 0.200. The zero-order valence-corrected chi connectivity index (χ0v) is 9.02. The summed E-state index contributed by atoms with van der Waals surface area (Å²) in [6.07, 6.45) is 1.99. The molecule has 1 unspecified atom stereocenters. The summed E-state index contributed by atoms with van der Waals surface area (Å²) in [6.45, 7) is 5.01. The molecule has 0 aliphatic heterocycles. The Morgan fingerprint density at radius 2 is 1.86 bits per heavy atom. The van der Waals surface area contributed by atoms with Crippen molar-refractivity contribution in [3.8, 4) is 0 Å². The molecule has 0 spiro atoms. The lowest BCUT2D eigenvalue weighted by Gasteiger charge is -2.09. The Hall–Kier alpha value is -0.420. The fourth-order valence-electron chi connectivity index (χ4n) is 0.377. The van der Waals surface area contributed by atoms with Gasteiger partial charge in [0.1, 0.15) is 0 Å². The van der Waals surface area contributed by atoms with Crippen LogP contribution in [0.25, 0.3) is 0 Å². The normalized spacial score (nSPS) is 16.6. The molecule has 0 rings (SSSR count). The van der Waals surface area contributed by atoms with Crippen molar-refractivity contribution < 1.29 is 32.6 Å². The van der Waals surface area contributed by atoms with Gasteiger partial charge < -0.3 is 14.3 Å². The first kappa shape index (κ1) is 13.6. The third-order valence-electron chi connectivity index (χ3n) is 0.756. The van der Waals surface area contributed by atoms with Crippen LogP contribution in [0.1, 0.15) is 6.92 Å². The number of hydrogen-bond acceptors (Lipinski definition) is 4. The monoisotopic (exact) mass is 244 g/mol. The molecular weight excluding hydrogens is 234 g/mol. The summed E-state index contributed by atoms with van der Waals surface area (Å²) in [6, 6.07) is 0. The van der Waals surface area contributed by atoms with E-state index in [0.29, 0.717) is 5.57 Å². The molecule has 0 aromatic heterocycles. The number of allylic oxidation sites excluding steroid dienone is 2. The van der Waals surface area contributed by atoms with Gasteiger partial charge in [0.2, 0.25) is 0 Å². The summed E-state index contributed by atoms with van der Waals surface area (Å²) in [5.74, 6) is 0. The predicted octanol–water partition coefficient (Wildman–Crippen LogP) is 1.30. The van der Waals surface area contributed by atoms with E-state index in [4.69, 9.17) is 14.7 Å². The Labute approximate surface area is 80.5 Å². The van der Waals surface area contributed by atoms with Gasteiger partial charge in [-0.2, -0.15) is 4.31 Å². The zero-order chi connectivity index (χ0) is 11.4. The first-order valence-corrected chi connectivity index (χ1v) is 6.25. The van der Waals surface area contributed by atoms with Crippen molar-refractivity contribution >= 4 is 15.6 Å². The lowest BCUT2D eigenvalue weighted by molar-refractivity contribution is 0.217. The molecule has 14 heavy (non-hydrogen) atoms. The highest BCUT2D eigenvalue weighted by Gasteiger charge is 2.32. The minimum atomic E-state index is -5.05. The van der Waals surface area contributed by atoms with E-state index in [-0.39, 0.29) is 0 Å². The Morgan fingerprint density at radius 1 is 1.36 bits per heavy atom. The van der Waals surface area contributed by atoms with Gasteiger partial charge in [-0.15, -0.1) is 0 Å². The van der Waals surface area contributed by atoms with E-state index in [1.54, 1.807) is 6.92 Å². The van der Waals surface area contributed by atoms with Gasteiger partial charge in [-0.25, -0.2) is 9.13 Å². The van der Waals surface area contributed by atoms with Crippen LogP contribution in [-0.2, 0) is 18.0 Å². The highest BCUT2D eigenvalue weighted by Crippen LogP contribution is 2.57. The quantitative estimate of drug-likeness (QED) is 0.379. The fourth-order valence-corrected chi connectivity index (χ4v) is 1.82. The van der Waals surface area contributed by atoms with Gasteiger partial charge in [-0.3, -0.25) is 4.89 Å². The van der Waals surface area contributed by atoms with Crippen molar-refractivity contribution in [2.24, 2.45) is 0 Å². The van der Waals surface area contributed by atoms with E-state index in [2.05, 4.69) is 15.4 Å². The molecule has 1 atom stereocenters. The summed E-state index contributed by atoms with van der Waals surface area (Å²) < 4.78 is 28.5. The molecule has 9 heteroatoms. The summed E-state index contributed by atoms with van der Waals surface area (Å²) >= 11 is 0. The largest absolute Gasteiger partial charge is 0.535 e. The van der Waals surface area contributed by atoms with Gasteiger partial charge in [0.15, 0.2) is 0 Å². The third-order valence-corrected chi connectivity index (χ3v) is 2.82. The minimum Gasteiger partial charge on any atom is -0.412 e. The van der Waals surface area contributed by atoms with Crippen molar-refractivity contribution in [1.29, 1.82) is 0 Å². The van der Waals surface area contributed by atoms with Crippen molar-refractivity contribution in [2.75, 3.05) is 0 Å². The minimum absolute atomic E-state index is 0.529. The van der Waals surface area contributed by atoms with Gasteiger partial charge in [0.05, 0.1) is 6.26 Å². The second-order valence-electron chi connectivity index (χ2n) is 2.30. The maximum Gasteiger partial charge on any atom is 0.535 e. The molecule has 0 aromatic rings. The average molecular weight is 244 g/mol. The third kappa shape index (κ3) is 8.19. The van der Waals surface area contributed by atoms with Crippen LogP contribution in [0.15, 0.2) is 24.5 Å². The van der Waals surface area contributed by atoms with E-state index in [1.807, 2.05) is 0 Å². The van der Waals surface area contributed by atoms with Crippen LogP contribution < -0.4 is 0 Å². The molecule has 0 saturated carbocycles. The Bertz CT molecular complexity index is 327. The van der Waals surface area contributed by atoms with E-state index in [9.17, 15) is 9.13 Å². The zero-order valence-electron chi connectivity index (χ0n) is 7.23. The molecule has 0 aromatic carbocycles. The molecule has 3 N–H and O–H groups in total. The SMILES string of the molecule is C=C(C)/C=C\OP(=O)(O)OP(=O)(O)O. The van der Waals surface area contributed by atoms with Crippen LogP contribution in [0.2, 0.25) is 0 Å². The molecule has 0 fully saturated rings. The summed E-state index contributed by atoms with van der Waals surface area (Å²) in [7, 11) is -9.81. The summed E-state index contributed by atoms with van der Waals surface area (Å²) in [5, 5.41) is 0. The lowest BCUT2D eigenvalue weighted by Crippen LogP contribution is -1.88. The first-order valence-electron chi connectivity index (χ1n) is 3.22. The van der Waals surface area contributed by atoms with E-state index >= 15 is 0 Å². The molecule has 0 saturated heterocycles. The van der Waals surface area contributed by atoms with Gasteiger partial charge in [-0.05, 0) is 13.0 Å². The van der Waals surface area contributed by atoms with E-state index in [0.717, 1.165) is 6.26 Å². The summed E-state index contributed by atoms with van der Waals surface area (Å²) in [4.78, 5) is 25.1. The highest BCUT2D eigenvalue weighted by atomic mass is 31.3. The van der Waals surface area contributed by atoms with E-state index < -0.39 is 15.6 Å². The summed E-state index contributed by atoms with van der Waals surface area (Å²) in [5.41, 5.74) is 0.529. The molecular formula is C5H10O7P2. The maximum atomic E-state index is 10.7. The molecule has 0 aliphatic carbocycles. The standard InChI is InChI=1S/C5H10O7P2/c1-5(2)3-4-11-14(9,10)12-13(6,7)8/h3-4H,1H2,2H3,(H,9,10)(H2,6,7,8)/b4-3-. The maximum absolute atomic E-state index is 10.7. The van der Waals surface area contributed by atoms with Crippen LogP contribution in [0.5, 0.6) is 0 Å². The molecule has 0 bridgehead atoms. The smallest absolute Gasteiger partial charge is 0.412 e. The van der Waals surface area contributed by atoms with Crippen molar-refractivity contribution in [3.63, 3.8) is 0 Å². The van der Waals surface area contributed by atoms with Crippen molar-refractivity contribution in [3.05, 3.63) is 24.5 Å². The van der Waals surface area contributed by atoms with Crippen LogP contribution in [0.3, 0.4) is 0 Å². The van der Waals surface area contributed by atoms with Crippen molar-refractivity contribution in [2.45, 2.75) is 6.92 Å². The van der Waals surface area contributed by atoms with Crippen LogP contribution >= 0.6 is 15.6 Å². The molecule has 0 aliphatic rings. The van der Waals surface area contributed by atoms with Crippen LogP contribution in [0.4, 0.5) is 0 Å². The topological polar surface area (TPSA) is 113 Å². The molecule has 0 amide bonds. The van der Waals surface area contributed by atoms with Gasteiger partial charge in [-0.1, -0.05) is 12.2 Å². The Morgan fingerprint density at radius 3 is 2.21 bits per heavy atom.